The molecule has 1 aromatic heterocycles. The van der Waals surface area contributed by atoms with Gasteiger partial charge in [-0.3, -0.25) is 4.79 Å². The molecule has 1 aromatic rings. The summed E-state index contributed by atoms with van der Waals surface area (Å²) >= 11 is 7.35. The molecule has 1 amide bonds. The highest BCUT2D eigenvalue weighted by Gasteiger charge is 2.28. The van der Waals surface area contributed by atoms with Gasteiger partial charge in [0, 0.05) is 17.0 Å². The third-order valence-electron chi connectivity index (χ3n) is 2.31. The molecule has 0 saturated heterocycles. The number of carbonyl (C=O) groups is 1. The van der Waals surface area contributed by atoms with E-state index < -0.39 is 5.41 Å². The van der Waals surface area contributed by atoms with Crippen LogP contribution in [-0.2, 0) is 4.79 Å². The van der Waals surface area contributed by atoms with Gasteiger partial charge in [0.15, 0.2) is 0 Å². The van der Waals surface area contributed by atoms with Crippen molar-refractivity contribution in [2.75, 3.05) is 5.88 Å². The lowest BCUT2D eigenvalue weighted by molar-refractivity contribution is -0.129. The van der Waals surface area contributed by atoms with Gasteiger partial charge in [-0.2, -0.15) is 0 Å². The quantitative estimate of drug-likeness (QED) is 0.846. The van der Waals surface area contributed by atoms with E-state index in [0.717, 1.165) is 9.88 Å². The number of aromatic nitrogens is 1. The van der Waals surface area contributed by atoms with Crippen molar-refractivity contribution < 1.29 is 4.79 Å². The van der Waals surface area contributed by atoms with E-state index in [9.17, 15) is 4.79 Å². The number of aryl methyl sites for hydroxylation is 1. The van der Waals surface area contributed by atoms with Crippen LogP contribution in [0.2, 0.25) is 0 Å². The molecule has 1 rings (SSSR count). The average Bonchev–Trinajstić information content (AvgIpc) is 2.64. The molecule has 0 saturated carbocycles. The standard InChI is InChI=1S/C11H17ClN2OS/c1-7-5-13-9(16-7)8(2)14-10(15)11(3,4)6-12/h5,8H,6H2,1-4H3,(H,14,15). The van der Waals surface area contributed by atoms with E-state index in [1.54, 1.807) is 11.3 Å². The van der Waals surface area contributed by atoms with Gasteiger partial charge in [-0.25, -0.2) is 4.98 Å². The molecule has 0 bridgehead atoms. The van der Waals surface area contributed by atoms with Crippen LogP contribution in [-0.4, -0.2) is 16.8 Å². The number of halogens is 1. The molecule has 0 aliphatic rings. The van der Waals surface area contributed by atoms with Gasteiger partial charge < -0.3 is 5.32 Å². The third-order valence-corrected chi connectivity index (χ3v) is 4.07. The average molecular weight is 261 g/mol. The van der Waals surface area contributed by atoms with Gasteiger partial charge >= 0.3 is 0 Å². The summed E-state index contributed by atoms with van der Waals surface area (Å²) in [5, 5.41) is 3.85. The van der Waals surface area contributed by atoms with Crippen molar-refractivity contribution in [1.82, 2.24) is 10.3 Å². The van der Waals surface area contributed by atoms with E-state index in [1.165, 1.54) is 0 Å². The molecule has 90 valence electrons. The Kier molecular flexibility index (Phi) is 4.33. The zero-order chi connectivity index (χ0) is 12.3. The van der Waals surface area contributed by atoms with Crippen LogP contribution in [0.1, 0.15) is 36.7 Å². The Morgan fingerprint density at radius 3 is 2.75 bits per heavy atom. The minimum Gasteiger partial charge on any atom is -0.347 e. The fourth-order valence-electron chi connectivity index (χ4n) is 1.09. The highest BCUT2D eigenvalue weighted by molar-refractivity contribution is 7.11. The smallest absolute Gasteiger partial charge is 0.227 e. The van der Waals surface area contributed by atoms with E-state index in [2.05, 4.69) is 10.3 Å². The second kappa shape index (κ2) is 5.15. The molecule has 1 atom stereocenters. The van der Waals surface area contributed by atoms with Crippen LogP contribution in [0.4, 0.5) is 0 Å². The zero-order valence-corrected chi connectivity index (χ0v) is 11.6. The van der Waals surface area contributed by atoms with Crippen LogP contribution in [0.25, 0.3) is 0 Å². The highest BCUT2D eigenvalue weighted by Crippen LogP contribution is 2.22. The monoisotopic (exact) mass is 260 g/mol. The number of rotatable bonds is 4. The van der Waals surface area contributed by atoms with Crippen molar-refractivity contribution in [2.24, 2.45) is 5.41 Å². The summed E-state index contributed by atoms with van der Waals surface area (Å²) < 4.78 is 0. The van der Waals surface area contributed by atoms with Gasteiger partial charge in [0.25, 0.3) is 0 Å². The molecule has 1 unspecified atom stereocenters. The van der Waals surface area contributed by atoms with Crippen molar-refractivity contribution in [3.05, 3.63) is 16.1 Å². The van der Waals surface area contributed by atoms with Crippen molar-refractivity contribution in [2.45, 2.75) is 33.7 Å². The van der Waals surface area contributed by atoms with Crippen LogP contribution < -0.4 is 5.32 Å². The largest absolute Gasteiger partial charge is 0.347 e. The Balaban J connectivity index is 2.65. The first-order valence-corrected chi connectivity index (χ1v) is 6.51. The molecule has 0 spiro atoms. The normalized spacial score (nSPS) is 13.6. The maximum Gasteiger partial charge on any atom is 0.227 e. The van der Waals surface area contributed by atoms with E-state index in [-0.39, 0.29) is 11.9 Å². The van der Waals surface area contributed by atoms with Crippen LogP contribution in [0.5, 0.6) is 0 Å². The number of thiazole rings is 1. The maximum absolute atomic E-state index is 11.9. The van der Waals surface area contributed by atoms with Crippen LogP contribution in [0, 0.1) is 12.3 Å². The summed E-state index contributed by atoms with van der Waals surface area (Å²) in [4.78, 5) is 17.3. The predicted molar refractivity (Wildman–Crippen MR) is 67.9 cm³/mol. The van der Waals surface area contributed by atoms with Crippen molar-refractivity contribution >= 4 is 28.8 Å². The Morgan fingerprint density at radius 2 is 2.31 bits per heavy atom. The SMILES string of the molecule is Cc1cnc(C(C)NC(=O)C(C)(C)CCl)s1. The Bertz CT molecular complexity index is 376. The summed E-state index contributed by atoms with van der Waals surface area (Å²) in [6.07, 6.45) is 1.81. The van der Waals surface area contributed by atoms with Gasteiger partial charge in [-0.05, 0) is 27.7 Å². The molecule has 5 heteroatoms. The van der Waals surface area contributed by atoms with Crippen LogP contribution >= 0.6 is 22.9 Å². The molecular formula is C11H17ClN2OS. The van der Waals surface area contributed by atoms with Gasteiger partial charge in [-0.1, -0.05) is 0 Å². The van der Waals surface area contributed by atoms with Gasteiger partial charge in [-0.15, -0.1) is 22.9 Å². The van der Waals surface area contributed by atoms with Gasteiger partial charge in [0.05, 0.1) is 11.5 Å². The first-order valence-electron chi connectivity index (χ1n) is 5.16. The summed E-state index contributed by atoms with van der Waals surface area (Å²) in [5.74, 6) is 0.269. The predicted octanol–water partition coefficient (Wildman–Crippen LogP) is 2.89. The molecule has 0 aliphatic heterocycles. The van der Waals surface area contributed by atoms with E-state index in [0.29, 0.717) is 5.88 Å². The first kappa shape index (κ1) is 13.5. The number of hydrogen-bond donors (Lipinski definition) is 1. The molecule has 0 radical (unpaired) electrons. The molecule has 16 heavy (non-hydrogen) atoms. The number of carbonyl (C=O) groups excluding carboxylic acids is 1. The lowest BCUT2D eigenvalue weighted by Gasteiger charge is -2.22. The van der Waals surface area contributed by atoms with E-state index in [4.69, 9.17) is 11.6 Å². The molecular weight excluding hydrogens is 244 g/mol. The molecule has 0 aliphatic carbocycles. The second-order valence-corrected chi connectivity index (χ2v) is 6.06. The minimum absolute atomic E-state index is 0.0390. The number of nitrogens with one attached hydrogen (secondary N) is 1. The Morgan fingerprint density at radius 1 is 1.69 bits per heavy atom. The molecule has 0 fully saturated rings. The van der Waals surface area contributed by atoms with E-state index >= 15 is 0 Å². The number of amides is 1. The summed E-state index contributed by atoms with van der Waals surface area (Å²) in [7, 11) is 0. The topological polar surface area (TPSA) is 42.0 Å². The third kappa shape index (κ3) is 3.19. The fraction of sp³-hybridized carbons (Fsp3) is 0.636. The highest BCUT2D eigenvalue weighted by atomic mass is 35.5. The van der Waals surface area contributed by atoms with Crippen LogP contribution in [0.15, 0.2) is 6.20 Å². The van der Waals surface area contributed by atoms with Gasteiger partial charge in [0.1, 0.15) is 5.01 Å². The van der Waals surface area contributed by atoms with E-state index in [1.807, 2.05) is 33.9 Å². The number of hydrogen-bond acceptors (Lipinski definition) is 3. The molecule has 3 nitrogen and oxygen atoms in total. The van der Waals surface area contributed by atoms with Crippen molar-refractivity contribution in [3.63, 3.8) is 0 Å². The summed E-state index contributed by atoms with van der Waals surface area (Å²) in [6, 6.07) is -0.0614. The second-order valence-electron chi connectivity index (χ2n) is 4.52. The first-order chi connectivity index (χ1) is 7.36. The summed E-state index contributed by atoms with van der Waals surface area (Å²) in [5.41, 5.74) is -0.540. The van der Waals surface area contributed by atoms with Crippen molar-refractivity contribution in [3.8, 4) is 0 Å². The minimum atomic E-state index is -0.540. The Labute approximate surface area is 105 Å². The summed E-state index contributed by atoms with van der Waals surface area (Å²) in [6.45, 7) is 7.59. The fourth-order valence-corrected chi connectivity index (χ4v) is 1.98. The molecule has 1 heterocycles. The van der Waals surface area contributed by atoms with Gasteiger partial charge in [0.2, 0.25) is 5.91 Å². The molecule has 0 aromatic carbocycles. The molecule has 1 N–H and O–H groups in total. The lowest BCUT2D eigenvalue weighted by Crippen LogP contribution is -2.39. The zero-order valence-electron chi connectivity index (χ0n) is 10.0. The number of nitrogens with zero attached hydrogens (tertiary/aromatic N) is 1. The van der Waals surface area contributed by atoms with Crippen LogP contribution in [0.3, 0.4) is 0 Å². The van der Waals surface area contributed by atoms with Crippen molar-refractivity contribution in [1.29, 1.82) is 0 Å². The lowest BCUT2D eigenvalue weighted by atomic mass is 9.95. The number of alkyl halides is 1. The maximum atomic E-state index is 11.9. The Hall–Kier alpha value is -0.610.